The molecule has 114 valence electrons. The third-order valence-corrected chi connectivity index (χ3v) is 4.36. The van der Waals surface area contributed by atoms with E-state index in [9.17, 15) is 14.0 Å². The van der Waals surface area contributed by atoms with E-state index < -0.39 is 6.04 Å². The number of halogens is 2. The Morgan fingerprint density at radius 3 is 2.86 bits per heavy atom. The van der Waals surface area contributed by atoms with Crippen molar-refractivity contribution in [1.29, 1.82) is 0 Å². The van der Waals surface area contributed by atoms with Crippen molar-refractivity contribution in [2.24, 2.45) is 5.92 Å². The first kappa shape index (κ1) is 15.9. The second-order valence-corrected chi connectivity index (χ2v) is 6.22. The molecule has 1 aromatic rings. The summed E-state index contributed by atoms with van der Waals surface area (Å²) in [7, 11) is 0. The zero-order valence-corrected chi connectivity index (χ0v) is 13.6. The van der Waals surface area contributed by atoms with Gasteiger partial charge in [-0.3, -0.25) is 9.59 Å². The number of carbonyl (C=O) groups is 2. The van der Waals surface area contributed by atoms with E-state index in [1.54, 1.807) is 12.1 Å². The van der Waals surface area contributed by atoms with Crippen LogP contribution >= 0.6 is 15.9 Å². The monoisotopic (exact) mass is 356 g/mol. The number of amides is 2. The molecule has 1 fully saturated rings. The zero-order chi connectivity index (χ0) is 15.6. The highest BCUT2D eigenvalue weighted by atomic mass is 79.9. The van der Waals surface area contributed by atoms with Crippen LogP contribution in [0.25, 0.3) is 0 Å². The molecule has 4 nitrogen and oxygen atoms in total. The van der Waals surface area contributed by atoms with Crippen molar-refractivity contribution in [3.63, 3.8) is 0 Å². The van der Waals surface area contributed by atoms with Crippen LogP contribution in [0.3, 0.4) is 0 Å². The van der Waals surface area contributed by atoms with Crippen LogP contribution in [0.5, 0.6) is 0 Å². The molecule has 0 saturated carbocycles. The van der Waals surface area contributed by atoms with Gasteiger partial charge in [0.15, 0.2) is 0 Å². The molecule has 21 heavy (non-hydrogen) atoms. The molecular formula is C15H18BrFN2O2. The Labute approximate surface area is 131 Å². The lowest BCUT2D eigenvalue weighted by molar-refractivity contribution is -0.148. The largest absolute Gasteiger partial charge is 0.345 e. The van der Waals surface area contributed by atoms with Gasteiger partial charge in [-0.2, -0.15) is 0 Å². The molecule has 2 atom stereocenters. The van der Waals surface area contributed by atoms with E-state index in [0.717, 1.165) is 10.9 Å². The Bertz CT molecular complexity index is 565. The van der Waals surface area contributed by atoms with Gasteiger partial charge < -0.3 is 10.2 Å². The van der Waals surface area contributed by atoms with Crippen LogP contribution in [-0.4, -0.2) is 29.3 Å². The van der Waals surface area contributed by atoms with Gasteiger partial charge in [0.1, 0.15) is 11.9 Å². The van der Waals surface area contributed by atoms with Crippen molar-refractivity contribution >= 4 is 27.7 Å². The van der Waals surface area contributed by atoms with Gasteiger partial charge >= 0.3 is 0 Å². The summed E-state index contributed by atoms with van der Waals surface area (Å²) >= 11 is 3.30. The highest BCUT2D eigenvalue weighted by molar-refractivity contribution is 9.10. The van der Waals surface area contributed by atoms with Crippen LogP contribution in [-0.2, 0) is 16.1 Å². The normalized spacial score (nSPS) is 20.4. The predicted molar refractivity (Wildman–Crippen MR) is 80.9 cm³/mol. The van der Waals surface area contributed by atoms with E-state index in [1.807, 2.05) is 13.8 Å². The molecule has 1 aliphatic heterocycles. The third-order valence-electron chi connectivity index (χ3n) is 3.87. The van der Waals surface area contributed by atoms with Crippen molar-refractivity contribution in [3.05, 3.63) is 34.1 Å². The number of hydrogen-bond acceptors (Lipinski definition) is 2. The lowest BCUT2D eigenvalue weighted by Gasteiger charge is -2.38. The molecule has 0 aliphatic carbocycles. The highest BCUT2D eigenvalue weighted by Gasteiger charge is 2.37. The Hall–Kier alpha value is -1.43. The minimum Gasteiger partial charge on any atom is -0.345 e. The molecule has 1 heterocycles. The van der Waals surface area contributed by atoms with E-state index in [4.69, 9.17) is 0 Å². The maximum absolute atomic E-state index is 13.9. The molecule has 1 N–H and O–H groups in total. The standard InChI is InChI=1S/C15H18BrFN2O2/c1-3-9(2)14-15(21)18-7-13(20)19(14)8-10-6-11(16)4-5-12(10)17/h4-6,9,14H,3,7-8H2,1-2H3,(H,18,21). The molecule has 2 rings (SSSR count). The number of nitrogens with one attached hydrogen (secondary N) is 1. The Kier molecular flexibility index (Phi) is 4.98. The first-order valence-electron chi connectivity index (χ1n) is 6.95. The van der Waals surface area contributed by atoms with Crippen molar-refractivity contribution < 1.29 is 14.0 Å². The lowest BCUT2D eigenvalue weighted by atomic mass is 9.94. The molecule has 0 spiro atoms. The van der Waals surface area contributed by atoms with Crippen LogP contribution < -0.4 is 5.32 Å². The number of benzene rings is 1. The van der Waals surface area contributed by atoms with Gasteiger partial charge in [-0.1, -0.05) is 36.2 Å². The van der Waals surface area contributed by atoms with Gasteiger partial charge in [0.2, 0.25) is 11.8 Å². The van der Waals surface area contributed by atoms with E-state index >= 15 is 0 Å². The first-order valence-corrected chi connectivity index (χ1v) is 7.74. The van der Waals surface area contributed by atoms with E-state index in [-0.39, 0.29) is 36.6 Å². The molecular weight excluding hydrogens is 339 g/mol. The van der Waals surface area contributed by atoms with Gasteiger partial charge in [-0.05, 0) is 24.1 Å². The molecule has 2 amide bonds. The summed E-state index contributed by atoms with van der Waals surface area (Å²) in [5.74, 6) is -0.706. The van der Waals surface area contributed by atoms with Crippen LogP contribution in [0.1, 0.15) is 25.8 Å². The van der Waals surface area contributed by atoms with Gasteiger partial charge in [-0.25, -0.2) is 4.39 Å². The van der Waals surface area contributed by atoms with Gasteiger partial charge in [0.25, 0.3) is 0 Å². The fourth-order valence-electron chi connectivity index (χ4n) is 2.49. The van der Waals surface area contributed by atoms with Crippen molar-refractivity contribution in [2.45, 2.75) is 32.9 Å². The van der Waals surface area contributed by atoms with Crippen molar-refractivity contribution in [1.82, 2.24) is 10.2 Å². The molecule has 1 aromatic carbocycles. The number of piperazine rings is 1. The van der Waals surface area contributed by atoms with Crippen molar-refractivity contribution in [3.8, 4) is 0 Å². The zero-order valence-electron chi connectivity index (χ0n) is 12.0. The van der Waals surface area contributed by atoms with E-state index in [2.05, 4.69) is 21.2 Å². The third kappa shape index (κ3) is 3.43. The number of nitrogens with zero attached hydrogens (tertiary/aromatic N) is 1. The topological polar surface area (TPSA) is 49.4 Å². The smallest absolute Gasteiger partial charge is 0.243 e. The number of rotatable bonds is 4. The number of carbonyl (C=O) groups excluding carboxylic acids is 2. The summed E-state index contributed by atoms with van der Waals surface area (Å²) in [6.45, 7) is 3.97. The van der Waals surface area contributed by atoms with Crippen LogP contribution in [0, 0.1) is 11.7 Å². The Morgan fingerprint density at radius 2 is 2.19 bits per heavy atom. The summed E-state index contributed by atoms with van der Waals surface area (Å²) in [5.41, 5.74) is 0.403. The Morgan fingerprint density at radius 1 is 1.48 bits per heavy atom. The van der Waals surface area contributed by atoms with Gasteiger partial charge in [0, 0.05) is 16.6 Å². The van der Waals surface area contributed by atoms with Gasteiger partial charge in [-0.15, -0.1) is 0 Å². The molecule has 0 radical (unpaired) electrons. The summed E-state index contributed by atoms with van der Waals surface area (Å²) in [6.07, 6.45) is 0.767. The summed E-state index contributed by atoms with van der Waals surface area (Å²) in [4.78, 5) is 25.7. The molecule has 1 aliphatic rings. The van der Waals surface area contributed by atoms with Crippen LogP contribution in [0.2, 0.25) is 0 Å². The fraction of sp³-hybridized carbons (Fsp3) is 0.467. The second kappa shape index (κ2) is 6.56. The highest BCUT2D eigenvalue weighted by Crippen LogP contribution is 2.23. The van der Waals surface area contributed by atoms with Gasteiger partial charge in [0.05, 0.1) is 6.54 Å². The van der Waals surface area contributed by atoms with E-state index in [1.165, 1.54) is 11.0 Å². The lowest BCUT2D eigenvalue weighted by Crippen LogP contribution is -2.60. The quantitative estimate of drug-likeness (QED) is 0.900. The molecule has 1 saturated heterocycles. The predicted octanol–water partition coefficient (Wildman–Crippen LogP) is 2.46. The Balaban J connectivity index is 2.30. The minimum atomic E-state index is -0.547. The molecule has 6 heteroatoms. The average molecular weight is 357 g/mol. The maximum atomic E-state index is 13.9. The summed E-state index contributed by atoms with van der Waals surface area (Å²) < 4.78 is 14.6. The second-order valence-electron chi connectivity index (χ2n) is 5.31. The molecule has 0 bridgehead atoms. The molecule has 0 aromatic heterocycles. The number of hydrogen-bond donors (Lipinski definition) is 1. The summed E-state index contributed by atoms with van der Waals surface area (Å²) in [5, 5.41) is 2.61. The van der Waals surface area contributed by atoms with Crippen LogP contribution in [0.15, 0.2) is 22.7 Å². The average Bonchev–Trinajstić information content (AvgIpc) is 2.46. The van der Waals surface area contributed by atoms with Crippen molar-refractivity contribution in [2.75, 3.05) is 6.54 Å². The minimum absolute atomic E-state index is 0.0180. The maximum Gasteiger partial charge on any atom is 0.243 e. The summed E-state index contributed by atoms with van der Waals surface area (Å²) in [6, 6.07) is 4.06. The van der Waals surface area contributed by atoms with Crippen LogP contribution in [0.4, 0.5) is 4.39 Å². The SMILES string of the molecule is CCC(C)C1C(=O)NCC(=O)N1Cc1cc(Br)ccc1F. The molecule has 2 unspecified atom stereocenters. The first-order chi connectivity index (χ1) is 9.93. The fourth-order valence-corrected chi connectivity index (χ4v) is 2.90. The van der Waals surface area contributed by atoms with E-state index in [0.29, 0.717) is 5.56 Å².